The second kappa shape index (κ2) is 6.55. The number of nitrogens with one attached hydrogen (secondary N) is 1. The molecule has 0 aromatic rings. The number of alkyl halides is 3. The van der Waals surface area contributed by atoms with Crippen LogP contribution in [0.1, 0.15) is 57.8 Å². The van der Waals surface area contributed by atoms with Crippen LogP contribution in [0.4, 0.5) is 13.2 Å². The third-order valence-electron chi connectivity index (χ3n) is 5.15. The molecule has 3 nitrogen and oxygen atoms in total. The Morgan fingerprint density at radius 3 is 2.14 bits per heavy atom. The summed E-state index contributed by atoms with van der Waals surface area (Å²) in [6.45, 7) is 0.413. The maximum Gasteiger partial charge on any atom is 0.391 e. The topological polar surface area (TPSA) is 55.1 Å². The quantitative estimate of drug-likeness (QED) is 0.841. The Balaban J connectivity index is 1.87. The van der Waals surface area contributed by atoms with Crippen LogP contribution in [-0.2, 0) is 4.79 Å². The van der Waals surface area contributed by atoms with Crippen LogP contribution in [0, 0.1) is 11.8 Å². The molecule has 2 fully saturated rings. The van der Waals surface area contributed by atoms with Gasteiger partial charge in [-0.1, -0.05) is 19.3 Å². The Morgan fingerprint density at radius 2 is 1.67 bits per heavy atom. The fraction of sp³-hybridized carbons (Fsp3) is 0.933. The molecule has 0 saturated heterocycles. The lowest BCUT2D eigenvalue weighted by Gasteiger charge is -2.39. The Morgan fingerprint density at radius 1 is 1.10 bits per heavy atom. The summed E-state index contributed by atoms with van der Waals surface area (Å²) >= 11 is 0. The van der Waals surface area contributed by atoms with E-state index in [1.54, 1.807) is 0 Å². The predicted molar refractivity (Wildman–Crippen MR) is 74.5 cm³/mol. The van der Waals surface area contributed by atoms with Crippen LogP contribution in [-0.4, -0.2) is 24.2 Å². The zero-order chi connectivity index (χ0) is 15.5. The average Bonchev–Trinajstić information content (AvgIpc) is 2.47. The minimum Gasteiger partial charge on any atom is -0.349 e. The van der Waals surface area contributed by atoms with Gasteiger partial charge in [0.25, 0.3) is 0 Å². The summed E-state index contributed by atoms with van der Waals surface area (Å²) in [5.41, 5.74) is 5.51. The van der Waals surface area contributed by atoms with Crippen LogP contribution in [0.5, 0.6) is 0 Å². The van der Waals surface area contributed by atoms with Gasteiger partial charge in [0.15, 0.2) is 0 Å². The molecule has 21 heavy (non-hydrogen) atoms. The highest BCUT2D eigenvalue weighted by molar-refractivity contribution is 5.79. The molecule has 0 aliphatic heterocycles. The molecule has 6 heteroatoms. The van der Waals surface area contributed by atoms with Crippen molar-refractivity contribution in [3.8, 4) is 0 Å². The van der Waals surface area contributed by atoms with Crippen molar-refractivity contribution in [2.75, 3.05) is 6.54 Å². The van der Waals surface area contributed by atoms with Gasteiger partial charge in [0.05, 0.1) is 11.5 Å². The average molecular weight is 306 g/mol. The van der Waals surface area contributed by atoms with Gasteiger partial charge in [0.2, 0.25) is 5.91 Å². The Bertz CT molecular complexity index is 356. The minimum absolute atomic E-state index is 0.0667. The summed E-state index contributed by atoms with van der Waals surface area (Å²) < 4.78 is 37.9. The van der Waals surface area contributed by atoms with Crippen LogP contribution >= 0.6 is 0 Å². The molecule has 0 heterocycles. The van der Waals surface area contributed by atoms with Crippen LogP contribution in [0.15, 0.2) is 0 Å². The summed E-state index contributed by atoms with van der Waals surface area (Å²) in [7, 11) is 0. The fourth-order valence-corrected chi connectivity index (χ4v) is 3.66. The van der Waals surface area contributed by atoms with E-state index in [1.807, 2.05) is 0 Å². The number of hydrogen-bond acceptors (Lipinski definition) is 2. The molecule has 0 radical (unpaired) electrons. The van der Waals surface area contributed by atoms with E-state index in [2.05, 4.69) is 5.32 Å². The molecule has 0 atom stereocenters. The number of carbonyl (C=O) groups excluding carboxylic acids is 1. The Labute approximate surface area is 123 Å². The first-order chi connectivity index (χ1) is 9.86. The molecular formula is C15H25F3N2O. The Hall–Kier alpha value is -0.780. The zero-order valence-corrected chi connectivity index (χ0v) is 12.3. The second-order valence-electron chi connectivity index (χ2n) is 6.62. The largest absolute Gasteiger partial charge is 0.391 e. The lowest BCUT2D eigenvalue weighted by molar-refractivity contribution is -0.184. The SMILES string of the molecule is NCC1(NC(=O)C2CCC(C(F)(F)F)CC2)CCCCC1. The molecule has 3 N–H and O–H groups in total. The number of nitrogens with two attached hydrogens (primary N) is 1. The van der Waals surface area contributed by atoms with Gasteiger partial charge in [0.1, 0.15) is 0 Å². The lowest BCUT2D eigenvalue weighted by atomic mass is 9.78. The number of amides is 1. The van der Waals surface area contributed by atoms with Gasteiger partial charge in [0, 0.05) is 12.5 Å². The van der Waals surface area contributed by atoms with Crippen molar-refractivity contribution >= 4 is 5.91 Å². The maximum atomic E-state index is 12.6. The van der Waals surface area contributed by atoms with Crippen molar-refractivity contribution in [2.24, 2.45) is 17.6 Å². The molecule has 0 aromatic carbocycles. The van der Waals surface area contributed by atoms with E-state index in [-0.39, 0.29) is 30.2 Å². The number of hydrogen-bond donors (Lipinski definition) is 2. The van der Waals surface area contributed by atoms with Gasteiger partial charge in [-0.05, 0) is 38.5 Å². The second-order valence-corrected chi connectivity index (χ2v) is 6.62. The van der Waals surface area contributed by atoms with Crippen molar-refractivity contribution in [2.45, 2.75) is 69.5 Å². The first-order valence-electron chi connectivity index (χ1n) is 7.95. The molecule has 0 aromatic heterocycles. The van der Waals surface area contributed by atoms with E-state index in [0.29, 0.717) is 19.4 Å². The van der Waals surface area contributed by atoms with Gasteiger partial charge in [-0.15, -0.1) is 0 Å². The molecule has 0 unspecified atom stereocenters. The number of carbonyl (C=O) groups is 1. The van der Waals surface area contributed by atoms with E-state index in [1.165, 1.54) is 0 Å². The standard InChI is InChI=1S/C15H25F3N2O/c16-15(17,18)12-6-4-11(5-7-12)13(21)20-14(10-19)8-2-1-3-9-14/h11-12H,1-10,19H2,(H,20,21). The molecule has 122 valence electrons. The third-order valence-corrected chi connectivity index (χ3v) is 5.15. The zero-order valence-electron chi connectivity index (χ0n) is 12.3. The van der Waals surface area contributed by atoms with E-state index in [4.69, 9.17) is 5.73 Å². The van der Waals surface area contributed by atoms with Crippen LogP contribution < -0.4 is 11.1 Å². The smallest absolute Gasteiger partial charge is 0.349 e. The normalized spacial score (nSPS) is 29.9. The first-order valence-corrected chi connectivity index (χ1v) is 7.95. The summed E-state index contributed by atoms with van der Waals surface area (Å²) in [5, 5.41) is 3.06. The highest BCUT2D eigenvalue weighted by atomic mass is 19.4. The fourth-order valence-electron chi connectivity index (χ4n) is 3.66. The number of rotatable bonds is 3. The van der Waals surface area contributed by atoms with Crippen LogP contribution in [0.2, 0.25) is 0 Å². The summed E-state index contributed by atoms with van der Waals surface area (Å²) in [5.74, 6) is -1.61. The number of halogens is 3. The minimum atomic E-state index is -4.12. The van der Waals surface area contributed by atoms with Gasteiger partial charge in [-0.3, -0.25) is 4.79 Å². The van der Waals surface area contributed by atoms with Crippen molar-refractivity contribution < 1.29 is 18.0 Å². The molecule has 2 rings (SSSR count). The lowest BCUT2D eigenvalue weighted by Crippen LogP contribution is -2.56. The molecule has 2 aliphatic carbocycles. The van der Waals surface area contributed by atoms with Crippen molar-refractivity contribution in [1.29, 1.82) is 0 Å². The van der Waals surface area contributed by atoms with E-state index < -0.39 is 12.1 Å². The van der Waals surface area contributed by atoms with E-state index in [9.17, 15) is 18.0 Å². The van der Waals surface area contributed by atoms with E-state index >= 15 is 0 Å². The molecule has 0 bridgehead atoms. The van der Waals surface area contributed by atoms with Crippen LogP contribution in [0.25, 0.3) is 0 Å². The predicted octanol–water partition coefficient (Wildman–Crippen LogP) is 3.13. The van der Waals surface area contributed by atoms with Crippen LogP contribution in [0.3, 0.4) is 0 Å². The van der Waals surface area contributed by atoms with Crippen molar-refractivity contribution in [3.63, 3.8) is 0 Å². The summed E-state index contributed by atoms with van der Waals surface area (Å²) in [6, 6.07) is 0. The molecule has 2 aliphatic rings. The molecule has 0 spiro atoms. The van der Waals surface area contributed by atoms with Gasteiger partial charge < -0.3 is 11.1 Å². The molecule has 2 saturated carbocycles. The maximum absolute atomic E-state index is 12.6. The third kappa shape index (κ3) is 4.11. The monoisotopic (exact) mass is 306 g/mol. The van der Waals surface area contributed by atoms with Crippen molar-refractivity contribution in [3.05, 3.63) is 0 Å². The molecular weight excluding hydrogens is 281 g/mol. The summed E-state index contributed by atoms with van der Waals surface area (Å²) in [6.07, 6.45) is 1.70. The Kier molecular flexibility index (Phi) is 5.17. The van der Waals surface area contributed by atoms with Crippen molar-refractivity contribution in [1.82, 2.24) is 5.32 Å². The summed E-state index contributed by atoms with van der Waals surface area (Å²) in [4.78, 5) is 12.3. The van der Waals surface area contributed by atoms with Gasteiger partial charge in [-0.25, -0.2) is 0 Å². The van der Waals surface area contributed by atoms with Gasteiger partial charge in [-0.2, -0.15) is 13.2 Å². The van der Waals surface area contributed by atoms with E-state index in [0.717, 1.165) is 32.1 Å². The molecule has 1 amide bonds. The highest BCUT2D eigenvalue weighted by Crippen LogP contribution is 2.40. The highest BCUT2D eigenvalue weighted by Gasteiger charge is 2.43. The van der Waals surface area contributed by atoms with Gasteiger partial charge >= 0.3 is 6.18 Å². The first kappa shape index (κ1) is 16.6.